The lowest BCUT2D eigenvalue weighted by atomic mass is 9.97. The molecule has 1 aromatic carbocycles. The van der Waals surface area contributed by atoms with Gasteiger partial charge in [0.05, 0.1) is 6.61 Å². The van der Waals surface area contributed by atoms with Crippen LogP contribution in [-0.2, 0) is 4.74 Å². The van der Waals surface area contributed by atoms with Gasteiger partial charge in [0.2, 0.25) is 0 Å². The van der Waals surface area contributed by atoms with Gasteiger partial charge in [0.1, 0.15) is 5.75 Å². The lowest BCUT2D eigenvalue weighted by Gasteiger charge is -2.11. The number of hydrogen-bond acceptors (Lipinski definition) is 3. The molecule has 0 aliphatic rings. The van der Waals surface area contributed by atoms with Crippen LogP contribution in [-0.4, -0.2) is 26.1 Å². The summed E-state index contributed by atoms with van der Waals surface area (Å²) in [7, 11) is 1.65. The molecule has 1 atom stereocenters. The van der Waals surface area contributed by atoms with Gasteiger partial charge in [-0.1, -0.05) is 19.1 Å². The van der Waals surface area contributed by atoms with E-state index < -0.39 is 0 Å². The summed E-state index contributed by atoms with van der Waals surface area (Å²) in [6.45, 7) is 5.07. The Morgan fingerprint density at radius 1 is 1.41 bits per heavy atom. The largest absolute Gasteiger partial charge is 0.494 e. The molecule has 1 unspecified atom stereocenters. The fourth-order valence-corrected chi connectivity index (χ4v) is 1.62. The summed E-state index contributed by atoms with van der Waals surface area (Å²) in [5.74, 6) is 0.868. The Morgan fingerprint density at radius 3 is 2.82 bits per heavy atom. The highest BCUT2D eigenvalue weighted by Crippen LogP contribution is 2.18. The fourth-order valence-electron chi connectivity index (χ4n) is 1.62. The molecule has 0 saturated carbocycles. The van der Waals surface area contributed by atoms with Crippen molar-refractivity contribution in [3.8, 4) is 5.75 Å². The Balaban J connectivity index is 2.70. The second kappa shape index (κ2) is 7.07. The van der Waals surface area contributed by atoms with Crippen molar-refractivity contribution < 1.29 is 14.3 Å². The summed E-state index contributed by atoms with van der Waals surface area (Å²) in [6.07, 6.45) is 0.744. The maximum Gasteiger partial charge on any atom is 0.165 e. The van der Waals surface area contributed by atoms with E-state index in [0.29, 0.717) is 18.8 Å². The van der Waals surface area contributed by atoms with E-state index in [9.17, 15) is 4.79 Å². The molecule has 94 valence electrons. The molecule has 0 saturated heterocycles. The number of ether oxygens (including phenoxy) is 2. The molecule has 1 rings (SSSR count). The van der Waals surface area contributed by atoms with Crippen molar-refractivity contribution in [2.45, 2.75) is 20.3 Å². The van der Waals surface area contributed by atoms with Gasteiger partial charge in [-0.05, 0) is 25.5 Å². The molecule has 3 heteroatoms. The highest BCUT2D eigenvalue weighted by atomic mass is 16.5. The zero-order valence-electron chi connectivity index (χ0n) is 10.7. The van der Waals surface area contributed by atoms with Crippen molar-refractivity contribution in [1.29, 1.82) is 0 Å². The Kier molecular flexibility index (Phi) is 5.70. The third kappa shape index (κ3) is 4.19. The summed E-state index contributed by atoms with van der Waals surface area (Å²) in [5.41, 5.74) is 0.708. The van der Waals surface area contributed by atoms with Crippen LogP contribution in [0.2, 0.25) is 0 Å². The second-order valence-electron chi connectivity index (χ2n) is 4.01. The molecule has 0 radical (unpaired) electrons. The van der Waals surface area contributed by atoms with Crippen LogP contribution in [0.5, 0.6) is 5.75 Å². The van der Waals surface area contributed by atoms with E-state index in [1.807, 2.05) is 32.0 Å². The van der Waals surface area contributed by atoms with Crippen LogP contribution in [0.4, 0.5) is 0 Å². The van der Waals surface area contributed by atoms with E-state index in [2.05, 4.69) is 0 Å². The van der Waals surface area contributed by atoms with Gasteiger partial charge in [-0.15, -0.1) is 0 Å². The van der Waals surface area contributed by atoms with E-state index >= 15 is 0 Å². The maximum absolute atomic E-state index is 12.1. The molecule has 0 heterocycles. The molecular formula is C14H20O3. The topological polar surface area (TPSA) is 35.5 Å². The lowest BCUT2D eigenvalue weighted by Crippen LogP contribution is -2.13. The van der Waals surface area contributed by atoms with Crippen LogP contribution in [0.3, 0.4) is 0 Å². The van der Waals surface area contributed by atoms with E-state index in [1.54, 1.807) is 13.2 Å². The number of Topliss-reactive ketones (excluding diaryl/α,β-unsaturated/α-hetero) is 1. The monoisotopic (exact) mass is 236 g/mol. The Bertz CT molecular complexity index is 360. The minimum absolute atomic E-state index is 0.0215. The zero-order valence-corrected chi connectivity index (χ0v) is 10.7. The molecule has 17 heavy (non-hydrogen) atoms. The molecule has 0 aromatic heterocycles. The molecule has 0 bridgehead atoms. The van der Waals surface area contributed by atoms with Crippen LogP contribution >= 0.6 is 0 Å². The van der Waals surface area contributed by atoms with Crippen LogP contribution in [0, 0.1) is 5.92 Å². The van der Waals surface area contributed by atoms with Gasteiger partial charge in [0.15, 0.2) is 5.78 Å². The Labute approximate surface area is 103 Å². The van der Waals surface area contributed by atoms with Crippen molar-refractivity contribution >= 4 is 5.78 Å². The average molecular weight is 236 g/mol. The molecule has 0 amide bonds. The summed E-state index contributed by atoms with van der Waals surface area (Å²) < 4.78 is 10.4. The standard InChI is InChI=1S/C14H20O3/c1-4-17-13-7-5-6-12(10-13)14(15)11(2)8-9-16-3/h5-7,10-11H,4,8-9H2,1-3H3. The molecule has 0 spiro atoms. The third-order valence-corrected chi connectivity index (χ3v) is 2.63. The highest BCUT2D eigenvalue weighted by molar-refractivity contribution is 5.97. The molecule has 0 fully saturated rings. The van der Waals surface area contributed by atoms with Crippen molar-refractivity contribution in [3.05, 3.63) is 29.8 Å². The summed E-state index contributed by atoms with van der Waals surface area (Å²) in [4.78, 5) is 12.1. The van der Waals surface area contributed by atoms with Crippen LogP contribution < -0.4 is 4.74 Å². The number of carbonyl (C=O) groups excluding carboxylic acids is 1. The first-order valence-electron chi connectivity index (χ1n) is 5.95. The van der Waals surface area contributed by atoms with Crippen molar-refractivity contribution in [2.75, 3.05) is 20.3 Å². The van der Waals surface area contributed by atoms with E-state index in [4.69, 9.17) is 9.47 Å². The SMILES string of the molecule is CCOc1cccc(C(=O)C(C)CCOC)c1. The van der Waals surface area contributed by atoms with Crippen LogP contribution in [0.1, 0.15) is 30.6 Å². The van der Waals surface area contributed by atoms with Gasteiger partial charge < -0.3 is 9.47 Å². The number of hydrogen-bond donors (Lipinski definition) is 0. The van der Waals surface area contributed by atoms with Gasteiger partial charge in [0.25, 0.3) is 0 Å². The maximum atomic E-state index is 12.1. The molecule has 0 aliphatic carbocycles. The third-order valence-electron chi connectivity index (χ3n) is 2.63. The van der Waals surface area contributed by atoms with Gasteiger partial charge >= 0.3 is 0 Å². The van der Waals surface area contributed by atoms with E-state index in [1.165, 1.54) is 0 Å². The Hall–Kier alpha value is -1.35. The van der Waals surface area contributed by atoms with Gasteiger partial charge in [-0.25, -0.2) is 0 Å². The second-order valence-corrected chi connectivity index (χ2v) is 4.01. The first-order chi connectivity index (χ1) is 8.19. The molecular weight excluding hydrogens is 216 g/mol. The predicted molar refractivity (Wildman–Crippen MR) is 67.6 cm³/mol. The number of carbonyl (C=O) groups is 1. The zero-order chi connectivity index (χ0) is 12.7. The summed E-state index contributed by atoms with van der Waals surface area (Å²) in [6, 6.07) is 7.34. The number of benzene rings is 1. The molecule has 0 aliphatic heterocycles. The first-order valence-corrected chi connectivity index (χ1v) is 5.95. The highest BCUT2D eigenvalue weighted by Gasteiger charge is 2.15. The van der Waals surface area contributed by atoms with Crippen LogP contribution in [0.25, 0.3) is 0 Å². The minimum atomic E-state index is -0.0215. The quantitative estimate of drug-likeness (QED) is 0.683. The summed E-state index contributed by atoms with van der Waals surface area (Å²) in [5, 5.41) is 0. The van der Waals surface area contributed by atoms with Crippen molar-refractivity contribution in [3.63, 3.8) is 0 Å². The van der Waals surface area contributed by atoms with Crippen LogP contribution in [0.15, 0.2) is 24.3 Å². The van der Waals surface area contributed by atoms with Gasteiger partial charge in [-0.2, -0.15) is 0 Å². The fraction of sp³-hybridized carbons (Fsp3) is 0.500. The number of methoxy groups -OCH3 is 1. The molecule has 1 aromatic rings. The molecule has 0 N–H and O–H groups in total. The van der Waals surface area contributed by atoms with Gasteiger partial charge in [-0.3, -0.25) is 4.79 Å². The Morgan fingerprint density at radius 2 is 2.18 bits per heavy atom. The van der Waals surface area contributed by atoms with Gasteiger partial charge in [0, 0.05) is 25.2 Å². The minimum Gasteiger partial charge on any atom is -0.494 e. The summed E-state index contributed by atoms with van der Waals surface area (Å²) >= 11 is 0. The molecule has 3 nitrogen and oxygen atoms in total. The van der Waals surface area contributed by atoms with Crippen molar-refractivity contribution in [2.24, 2.45) is 5.92 Å². The van der Waals surface area contributed by atoms with E-state index in [0.717, 1.165) is 12.2 Å². The number of ketones is 1. The first kappa shape index (κ1) is 13.7. The number of rotatable bonds is 7. The van der Waals surface area contributed by atoms with Crippen molar-refractivity contribution in [1.82, 2.24) is 0 Å². The lowest BCUT2D eigenvalue weighted by molar-refractivity contribution is 0.0893. The smallest absolute Gasteiger partial charge is 0.165 e. The predicted octanol–water partition coefficient (Wildman–Crippen LogP) is 2.94. The average Bonchev–Trinajstić information content (AvgIpc) is 2.35. The van der Waals surface area contributed by atoms with E-state index in [-0.39, 0.29) is 11.7 Å². The normalized spacial score (nSPS) is 12.2.